The fourth-order valence-electron chi connectivity index (χ4n) is 2.12. The zero-order chi connectivity index (χ0) is 10.8. The molecule has 0 aliphatic rings. The summed E-state index contributed by atoms with van der Waals surface area (Å²) in [5.74, 6) is 0.888. The summed E-state index contributed by atoms with van der Waals surface area (Å²) in [7, 11) is 2.11. The summed E-state index contributed by atoms with van der Waals surface area (Å²) < 4.78 is 0. The highest BCUT2D eigenvalue weighted by molar-refractivity contribution is 4.68. The van der Waals surface area contributed by atoms with E-state index in [1.54, 1.807) is 0 Å². The highest BCUT2D eigenvalue weighted by Crippen LogP contribution is 2.16. The number of hydrogen-bond acceptors (Lipinski definition) is 1. The molecule has 1 heteroatoms. The van der Waals surface area contributed by atoms with E-state index in [1.807, 2.05) is 0 Å². The van der Waals surface area contributed by atoms with Crippen LogP contribution in [0.15, 0.2) is 0 Å². The van der Waals surface area contributed by atoms with Crippen molar-refractivity contribution in [1.29, 1.82) is 0 Å². The molecule has 0 aromatic rings. The minimum atomic E-state index is 0.753. The third-order valence-electron chi connectivity index (χ3n) is 3.03. The van der Waals surface area contributed by atoms with Crippen LogP contribution in [-0.2, 0) is 0 Å². The van der Waals surface area contributed by atoms with Gasteiger partial charge in [-0.15, -0.1) is 0 Å². The fourth-order valence-corrected chi connectivity index (χ4v) is 2.12. The Labute approximate surface area is 90.7 Å². The van der Waals surface area contributed by atoms with Gasteiger partial charge in [-0.05, 0) is 25.8 Å². The van der Waals surface area contributed by atoms with Gasteiger partial charge in [0.1, 0.15) is 0 Å². The molecule has 0 aliphatic heterocycles. The van der Waals surface area contributed by atoms with E-state index < -0.39 is 0 Å². The standard InChI is InChI=1S/C13H29N/c1-5-7-8-10-13(14-4)11-12(3)9-6-2/h12-14H,5-11H2,1-4H3. The molecule has 0 bridgehead atoms. The van der Waals surface area contributed by atoms with E-state index >= 15 is 0 Å². The van der Waals surface area contributed by atoms with Gasteiger partial charge in [0.05, 0.1) is 0 Å². The molecule has 0 heterocycles. The quantitative estimate of drug-likeness (QED) is 0.554. The highest BCUT2D eigenvalue weighted by atomic mass is 14.9. The SMILES string of the molecule is CCCCCC(CC(C)CCC)NC. The van der Waals surface area contributed by atoms with Gasteiger partial charge < -0.3 is 5.32 Å². The van der Waals surface area contributed by atoms with Gasteiger partial charge in [0.15, 0.2) is 0 Å². The summed E-state index contributed by atoms with van der Waals surface area (Å²) in [5, 5.41) is 3.45. The van der Waals surface area contributed by atoms with E-state index in [0.29, 0.717) is 0 Å². The van der Waals surface area contributed by atoms with Crippen LogP contribution >= 0.6 is 0 Å². The largest absolute Gasteiger partial charge is 0.317 e. The number of unbranched alkanes of at least 4 members (excludes halogenated alkanes) is 2. The minimum absolute atomic E-state index is 0.753. The van der Waals surface area contributed by atoms with Gasteiger partial charge in [0.2, 0.25) is 0 Å². The maximum absolute atomic E-state index is 3.45. The molecule has 0 aromatic heterocycles. The predicted octanol–water partition coefficient (Wildman–Crippen LogP) is 3.98. The van der Waals surface area contributed by atoms with E-state index in [2.05, 4.69) is 33.1 Å². The molecule has 86 valence electrons. The lowest BCUT2D eigenvalue weighted by atomic mass is 9.94. The molecule has 0 saturated heterocycles. The van der Waals surface area contributed by atoms with Gasteiger partial charge in [-0.1, -0.05) is 52.9 Å². The van der Waals surface area contributed by atoms with Crippen LogP contribution in [0.3, 0.4) is 0 Å². The minimum Gasteiger partial charge on any atom is -0.317 e. The Kier molecular flexibility index (Phi) is 9.49. The van der Waals surface area contributed by atoms with Gasteiger partial charge in [-0.25, -0.2) is 0 Å². The molecular formula is C13H29N. The molecular weight excluding hydrogens is 170 g/mol. The van der Waals surface area contributed by atoms with Crippen LogP contribution in [0, 0.1) is 5.92 Å². The second-order valence-corrected chi connectivity index (χ2v) is 4.61. The highest BCUT2D eigenvalue weighted by Gasteiger charge is 2.10. The molecule has 0 saturated carbocycles. The maximum atomic E-state index is 3.45. The lowest BCUT2D eigenvalue weighted by molar-refractivity contribution is 0.375. The molecule has 1 nitrogen and oxygen atoms in total. The van der Waals surface area contributed by atoms with Crippen LogP contribution in [0.5, 0.6) is 0 Å². The molecule has 0 fully saturated rings. The van der Waals surface area contributed by atoms with Gasteiger partial charge >= 0.3 is 0 Å². The molecule has 0 aliphatic carbocycles. The van der Waals surface area contributed by atoms with Crippen molar-refractivity contribution in [2.75, 3.05) is 7.05 Å². The van der Waals surface area contributed by atoms with Crippen LogP contribution in [0.2, 0.25) is 0 Å². The smallest absolute Gasteiger partial charge is 0.00666 e. The molecule has 0 amide bonds. The first-order chi connectivity index (χ1) is 6.74. The second kappa shape index (κ2) is 9.51. The van der Waals surface area contributed by atoms with Crippen LogP contribution in [-0.4, -0.2) is 13.1 Å². The van der Waals surface area contributed by atoms with Crippen molar-refractivity contribution >= 4 is 0 Å². The Hall–Kier alpha value is -0.0400. The fraction of sp³-hybridized carbons (Fsp3) is 1.00. The van der Waals surface area contributed by atoms with E-state index in [4.69, 9.17) is 0 Å². The average Bonchev–Trinajstić information content (AvgIpc) is 2.17. The van der Waals surface area contributed by atoms with E-state index in [1.165, 1.54) is 44.9 Å². The van der Waals surface area contributed by atoms with Crippen molar-refractivity contribution in [2.24, 2.45) is 5.92 Å². The average molecular weight is 199 g/mol. The normalized spacial score (nSPS) is 15.4. The molecule has 0 radical (unpaired) electrons. The van der Waals surface area contributed by atoms with Crippen molar-refractivity contribution in [3.05, 3.63) is 0 Å². The first kappa shape index (κ1) is 14.0. The summed E-state index contributed by atoms with van der Waals surface area (Å²) in [6, 6.07) is 0.753. The lowest BCUT2D eigenvalue weighted by Crippen LogP contribution is -2.27. The topological polar surface area (TPSA) is 12.0 Å². The van der Waals surface area contributed by atoms with Crippen LogP contribution in [0.25, 0.3) is 0 Å². The van der Waals surface area contributed by atoms with Gasteiger partial charge in [0.25, 0.3) is 0 Å². The molecule has 2 atom stereocenters. The summed E-state index contributed by atoms with van der Waals surface area (Å²) >= 11 is 0. The van der Waals surface area contributed by atoms with Gasteiger partial charge in [0, 0.05) is 6.04 Å². The van der Waals surface area contributed by atoms with Crippen molar-refractivity contribution in [1.82, 2.24) is 5.32 Å². The Balaban J connectivity index is 3.55. The zero-order valence-corrected chi connectivity index (χ0v) is 10.6. The molecule has 0 spiro atoms. The van der Waals surface area contributed by atoms with Gasteiger partial charge in [-0.2, -0.15) is 0 Å². The lowest BCUT2D eigenvalue weighted by Gasteiger charge is -2.20. The molecule has 14 heavy (non-hydrogen) atoms. The Morgan fingerprint density at radius 2 is 1.71 bits per heavy atom. The summed E-state index contributed by atoms with van der Waals surface area (Å²) in [4.78, 5) is 0. The third kappa shape index (κ3) is 7.37. The third-order valence-corrected chi connectivity index (χ3v) is 3.03. The molecule has 0 aromatic carbocycles. The Morgan fingerprint density at radius 3 is 2.21 bits per heavy atom. The molecule has 2 unspecified atom stereocenters. The van der Waals surface area contributed by atoms with E-state index in [9.17, 15) is 0 Å². The number of nitrogens with one attached hydrogen (secondary N) is 1. The van der Waals surface area contributed by atoms with Crippen molar-refractivity contribution < 1.29 is 0 Å². The van der Waals surface area contributed by atoms with E-state index in [-0.39, 0.29) is 0 Å². The first-order valence-corrected chi connectivity index (χ1v) is 6.41. The zero-order valence-electron chi connectivity index (χ0n) is 10.6. The van der Waals surface area contributed by atoms with Crippen molar-refractivity contribution in [2.45, 2.75) is 71.8 Å². The summed E-state index contributed by atoms with van der Waals surface area (Å²) in [6.45, 7) is 6.93. The molecule has 0 rings (SSSR count). The maximum Gasteiger partial charge on any atom is 0.00666 e. The van der Waals surface area contributed by atoms with E-state index in [0.717, 1.165) is 12.0 Å². The van der Waals surface area contributed by atoms with Crippen molar-refractivity contribution in [3.8, 4) is 0 Å². The Morgan fingerprint density at radius 1 is 1.00 bits per heavy atom. The predicted molar refractivity (Wildman–Crippen MR) is 65.7 cm³/mol. The Bertz CT molecular complexity index is 112. The van der Waals surface area contributed by atoms with Crippen molar-refractivity contribution in [3.63, 3.8) is 0 Å². The monoisotopic (exact) mass is 199 g/mol. The molecule has 1 N–H and O–H groups in total. The number of hydrogen-bond donors (Lipinski definition) is 1. The summed E-state index contributed by atoms with van der Waals surface area (Å²) in [6.07, 6.45) is 9.53. The summed E-state index contributed by atoms with van der Waals surface area (Å²) in [5.41, 5.74) is 0. The second-order valence-electron chi connectivity index (χ2n) is 4.61. The van der Waals surface area contributed by atoms with Crippen LogP contribution in [0.1, 0.15) is 65.7 Å². The number of rotatable bonds is 9. The van der Waals surface area contributed by atoms with Crippen LogP contribution in [0.4, 0.5) is 0 Å². The van der Waals surface area contributed by atoms with Crippen LogP contribution < -0.4 is 5.32 Å². The first-order valence-electron chi connectivity index (χ1n) is 6.41. The van der Waals surface area contributed by atoms with Gasteiger partial charge in [-0.3, -0.25) is 0 Å².